The molecule has 0 saturated carbocycles. The van der Waals surface area contributed by atoms with Crippen molar-refractivity contribution in [1.29, 1.82) is 0 Å². The molecule has 1 saturated heterocycles. The molecule has 3 heterocycles. The van der Waals surface area contributed by atoms with Gasteiger partial charge >= 0.3 is 0 Å². The smallest absolute Gasteiger partial charge is 0.276 e. The predicted molar refractivity (Wildman–Crippen MR) is 124 cm³/mol. The number of ether oxygens (including phenoxy) is 2. The van der Waals surface area contributed by atoms with Crippen molar-refractivity contribution in [2.45, 2.75) is 26.2 Å². The maximum atomic E-state index is 13.2. The van der Waals surface area contributed by atoms with Crippen LogP contribution in [-0.2, 0) is 17.9 Å². The molecule has 0 spiro atoms. The first kappa shape index (κ1) is 22.1. The van der Waals surface area contributed by atoms with Crippen molar-refractivity contribution in [3.63, 3.8) is 0 Å². The molecule has 1 atom stereocenters. The summed E-state index contributed by atoms with van der Waals surface area (Å²) >= 11 is 0. The number of carbonyl (C=O) groups excluding carboxylic acids is 2. The normalized spacial score (nSPS) is 17.9. The first-order chi connectivity index (χ1) is 16.5. The first-order valence-electron chi connectivity index (χ1n) is 11.4. The van der Waals surface area contributed by atoms with Gasteiger partial charge in [0.1, 0.15) is 11.9 Å². The van der Waals surface area contributed by atoms with Gasteiger partial charge in [0.2, 0.25) is 0 Å². The minimum atomic E-state index is -0.171. The van der Waals surface area contributed by atoms with E-state index >= 15 is 0 Å². The van der Waals surface area contributed by atoms with E-state index in [0.717, 1.165) is 16.9 Å². The molecule has 1 fully saturated rings. The second-order valence-electron chi connectivity index (χ2n) is 8.54. The molecule has 1 aromatic heterocycles. The summed E-state index contributed by atoms with van der Waals surface area (Å²) in [6.45, 7) is 4.51. The van der Waals surface area contributed by atoms with E-state index in [1.54, 1.807) is 33.7 Å². The maximum absolute atomic E-state index is 13.2. The fraction of sp³-hybridized carbons (Fsp3) is 0.360. The van der Waals surface area contributed by atoms with Gasteiger partial charge < -0.3 is 19.3 Å². The van der Waals surface area contributed by atoms with Crippen molar-refractivity contribution in [2.24, 2.45) is 0 Å². The van der Waals surface area contributed by atoms with Crippen molar-refractivity contribution in [3.05, 3.63) is 76.6 Å². The summed E-state index contributed by atoms with van der Waals surface area (Å²) in [6.07, 6.45) is -0.116. The van der Waals surface area contributed by atoms with Crippen LogP contribution in [0.3, 0.4) is 0 Å². The zero-order chi connectivity index (χ0) is 23.7. The Morgan fingerprint density at radius 1 is 1.00 bits per heavy atom. The highest BCUT2D eigenvalue weighted by atomic mass is 16.5. The van der Waals surface area contributed by atoms with E-state index in [1.807, 2.05) is 43.3 Å². The number of hydrogen-bond donors (Lipinski definition) is 0. The highest BCUT2D eigenvalue weighted by Gasteiger charge is 2.32. The summed E-state index contributed by atoms with van der Waals surface area (Å²) in [6, 6.07) is 15.4. The zero-order valence-electron chi connectivity index (χ0n) is 19.3. The Morgan fingerprint density at radius 2 is 1.71 bits per heavy atom. The van der Waals surface area contributed by atoms with Gasteiger partial charge in [0.25, 0.3) is 11.8 Å². The molecule has 3 aromatic rings. The average Bonchev–Trinajstić information content (AvgIpc) is 3.31. The first-order valence-corrected chi connectivity index (χ1v) is 11.4. The number of aryl methyl sites for hydroxylation is 1. The van der Waals surface area contributed by atoms with E-state index in [-0.39, 0.29) is 24.5 Å². The van der Waals surface area contributed by atoms with Crippen molar-refractivity contribution in [3.8, 4) is 5.75 Å². The standard InChI is InChI=1S/C25H27N5O4/c1-17-14-19(33-2)8-9-20(17)24(31)28-10-12-29(13-11-28)25(32)23-21-16-34-22(15-30(21)27-26-23)18-6-4-3-5-7-18/h3-9,14,22H,10-13,15-16H2,1-2H3/t22-/m1/s1. The fourth-order valence-electron chi connectivity index (χ4n) is 4.48. The lowest BCUT2D eigenvalue weighted by molar-refractivity contribution is -0.00202. The van der Waals surface area contributed by atoms with Gasteiger partial charge in [0.05, 0.1) is 26.0 Å². The van der Waals surface area contributed by atoms with Crippen LogP contribution in [-0.4, -0.2) is 69.9 Å². The Morgan fingerprint density at radius 3 is 2.38 bits per heavy atom. The molecule has 2 aliphatic rings. The van der Waals surface area contributed by atoms with Crippen LogP contribution >= 0.6 is 0 Å². The summed E-state index contributed by atoms with van der Waals surface area (Å²) in [4.78, 5) is 29.7. The van der Waals surface area contributed by atoms with Crippen molar-refractivity contribution >= 4 is 11.8 Å². The second-order valence-corrected chi connectivity index (χ2v) is 8.54. The molecule has 176 valence electrons. The summed E-state index contributed by atoms with van der Waals surface area (Å²) < 4.78 is 13.0. The molecule has 9 nitrogen and oxygen atoms in total. The molecule has 0 bridgehead atoms. The number of rotatable bonds is 4. The van der Waals surface area contributed by atoms with Crippen molar-refractivity contribution in [2.75, 3.05) is 33.3 Å². The quantitative estimate of drug-likeness (QED) is 0.593. The number of fused-ring (bicyclic) bond motifs is 1. The van der Waals surface area contributed by atoms with Crippen molar-refractivity contribution in [1.82, 2.24) is 24.8 Å². The minimum Gasteiger partial charge on any atom is -0.497 e. The number of hydrogen-bond acceptors (Lipinski definition) is 6. The van der Waals surface area contributed by atoms with Gasteiger partial charge in [-0.25, -0.2) is 4.68 Å². The van der Waals surface area contributed by atoms with E-state index in [0.29, 0.717) is 49.7 Å². The van der Waals surface area contributed by atoms with Crippen LogP contribution < -0.4 is 4.74 Å². The molecule has 0 N–H and O–H groups in total. The maximum Gasteiger partial charge on any atom is 0.276 e. The third kappa shape index (κ3) is 4.14. The Balaban J connectivity index is 1.22. The SMILES string of the molecule is COc1ccc(C(=O)N2CCN(C(=O)c3nnn4c3CO[C@@H](c3ccccc3)C4)CC2)c(C)c1. The molecule has 0 unspecified atom stereocenters. The van der Waals surface area contributed by atoms with E-state index in [9.17, 15) is 9.59 Å². The molecular formula is C25H27N5O4. The Hall–Kier alpha value is -3.72. The lowest BCUT2D eigenvalue weighted by atomic mass is 10.1. The number of benzene rings is 2. The third-order valence-corrected chi connectivity index (χ3v) is 6.49. The van der Waals surface area contributed by atoms with Gasteiger partial charge in [0.15, 0.2) is 5.69 Å². The Kier molecular flexibility index (Phi) is 6.02. The van der Waals surface area contributed by atoms with Crippen LogP contribution in [0.5, 0.6) is 5.75 Å². The highest BCUT2D eigenvalue weighted by molar-refractivity contribution is 5.96. The van der Waals surface area contributed by atoms with Gasteiger partial charge in [-0.3, -0.25) is 9.59 Å². The zero-order valence-corrected chi connectivity index (χ0v) is 19.3. The lowest BCUT2D eigenvalue weighted by Crippen LogP contribution is -2.51. The summed E-state index contributed by atoms with van der Waals surface area (Å²) in [5.41, 5.74) is 3.62. The average molecular weight is 462 g/mol. The topological polar surface area (TPSA) is 89.8 Å². The molecule has 0 radical (unpaired) electrons. The van der Waals surface area contributed by atoms with Crippen LogP contribution in [0.2, 0.25) is 0 Å². The Bertz CT molecular complexity index is 1200. The van der Waals surface area contributed by atoms with Gasteiger partial charge in [0, 0.05) is 31.7 Å². The molecule has 34 heavy (non-hydrogen) atoms. The highest BCUT2D eigenvalue weighted by Crippen LogP contribution is 2.27. The van der Waals surface area contributed by atoms with E-state index in [4.69, 9.17) is 9.47 Å². The number of amides is 2. The number of carbonyl (C=O) groups is 2. The second kappa shape index (κ2) is 9.26. The number of nitrogens with zero attached hydrogens (tertiary/aromatic N) is 5. The molecule has 2 aromatic carbocycles. The van der Waals surface area contributed by atoms with Gasteiger partial charge in [-0.2, -0.15) is 0 Å². The molecule has 2 aliphatic heterocycles. The number of piperazine rings is 1. The molecular weight excluding hydrogens is 434 g/mol. The molecule has 5 rings (SSSR count). The van der Waals surface area contributed by atoms with E-state index in [2.05, 4.69) is 10.3 Å². The largest absolute Gasteiger partial charge is 0.497 e. The van der Waals surface area contributed by atoms with Gasteiger partial charge in [-0.15, -0.1) is 5.10 Å². The molecule has 2 amide bonds. The van der Waals surface area contributed by atoms with E-state index < -0.39 is 0 Å². The number of aromatic nitrogens is 3. The Labute approximate surface area is 197 Å². The van der Waals surface area contributed by atoms with Crippen molar-refractivity contribution < 1.29 is 19.1 Å². The predicted octanol–water partition coefficient (Wildman–Crippen LogP) is 2.46. The third-order valence-electron chi connectivity index (χ3n) is 6.49. The lowest BCUT2D eigenvalue weighted by Gasteiger charge is -2.35. The van der Waals surface area contributed by atoms with Crippen LogP contribution in [0.1, 0.15) is 43.8 Å². The monoisotopic (exact) mass is 461 g/mol. The van der Waals surface area contributed by atoms with Gasteiger partial charge in [-0.05, 0) is 36.2 Å². The number of methoxy groups -OCH3 is 1. The summed E-state index contributed by atoms with van der Waals surface area (Å²) in [5.74, 6) is 0.518. The summed E-state index contributed by atoms with van der Waals surface area (Å²) in [5, 5.41) is 8.40. The van der Waals surface area contributed by atoms with Crippen LogP contribution in [0.4, 0.5) is 0 Å². The minimum absolute atomic E-state index is 0.0337. The van der Waals surface area contributed by atoms with Gasteiger partial charge in [-0.1, -0.05) is 35.5 Å². The van der Waals surface area contributed by atoms with Crippen LogP contribution in [0.15, 0.2) is 48.5 Å². The van der Waals surface area contributed by atoms with Crippen LogP contribution in [0, 0.1) is 6.92 Å². The van der Waals surface area contributed by atoms with Crippen LogP contribution in [0.25, 0.3) is 0 Å². The summed E-state index contributed by atoms with van der Waals surface area (Å²) in [7, 11) is 1.60. The molecule has 0 aliphatic carbocycles. The van der Waals surface area contributed by atoms with E-state index in [1.165, 1.54) is 0 Å². The molecule has 9 heteroatoms. The fourth-order valence-corrected chi connectivity index (χ4v) is 4.48.